The average molecular weight is 446 g/mol. The molecule has 1 fully saturated rings. The third-order valence-electron chi connectivity index (χ3n) is 6.01. The van der Waals surface area contributed by atoms with Crippen molar-refractivity contribution in [2.45, 2.75) is 50.8 Å². The van der Waals surface area contributed by atoms with Gasteiger partial charge in [0.25, 0.3) is 0 Å². The van der Waals surface area contributed by atoms with Gasteiger partial charge in [-0.3, -0.25) is 0 Å². The number of benzene rings is 2. The molecule has 0 N–H and O–H groups in total. The molecule has 140 valence electrons. The Hall–Kier alpha value is -1.52. The van der Waals surface area contributed by atoms with Gasteiger partial charge in [-0.25, -0.2) is 5.01 Å². The van der Waals surface area contributed by atoms with Crippen LogP contribution >= 0.6 is 27.5 Å². The number of fused-ring (bicyclic) bond motifs is 3. The van der Waals surface area contributed by atoms with Gasteiger partial charge in [-0.2, -0.15) is 5.10 Å². The number of halogens is 2. The van der Waals surface area contributed by atoms with Crippen molar-refractivity contribution < 1.29 is 4.74 Å². The minimum absolute atomic E-state index is 0.0359. The summed E-state index contributed by atoms with van der Waals surface area (Å²) in [5.74, 6) is 1.56. The van der Waals surface area contributed by atoms with Crippen molar-refractivity contribution in [2.24, 2.45) is 11.0 Å². The molecular weight excluding hydrogens is 424 g/mol. The maximum Gasteiger partial charge on any atom is 0.190 e. The van der Waals surface area contributed by atoms with Crippen LogP contribution < -0.4 is 4.74 Å². The molecule has 1 aliphatic carbocycles. The van der Waals surface area contributed by atoms with E-state index in [0.29, 0.717) is 5.92 Å². The minimum Gasteiger partial charge on any atom is -0.468 e. The second-order valence-electron chi connectivity index (χ2n) is 7.74. The molecule has 27 heavy (non-hydrogen) atoms. The fraction of sp³-hybridized carbons (Fsp3) is 0.409. The van der Waals surface area contributed by atoms with Gasteiger partial charge in [0, 0.05) is 27.4 Å². The van der Waals surface area contributed by atoms with Gasteiger partial charge in [-0.15, -0.1) is 0 Å². The number of hydrazone groups is 1. The average Bonchev–Trinajstić information content (AvgIpc) is 3.14. The highest BCUT2D eigenvalue weighted by Crippen LogP contribution is 2.47. The first-order chi connectivity index (χ1) is 13.2. The summed E-state index contributed by atoms with van der Waals surface area (Å²) in [6.45, 7) is 0. The van der Waals surface area contributed by atoms with E-state index in [1.165, 1.54) is 37.7 Å². The van der Waals surface area contributed by atoms with Crippen LogP contribution in [-0.2, 0) is 0 Å². The van der Waals surface area contributed by atoms with Crippen LogP contribution in [0, 0.1) is 5.92 Å². The van der Waals surface area contributed by atoms with Crippen LogP contribution in [0.1, 0.15) is 55.7 Å². The highest BCUT2D eigenvalue weighted by atomic mass is 79.9. The molecule has 5 rings (SSSR count). The Balaban J connectivity index is 1.53. The summed E-state index contributed by atoms with van der Waals surface area (Å²) < 4.78 is 7.60. The number of ether oxygens (including phenoxy) is 1. The van der Waals surface area contributed by atoms with Gasteiger partial charge in [-0.05, 0) is 48.7 Å². The molecule has 0 aromatic heterocycles. The van der Waals surface area contributed by atoms with Crippen LogP contribution in [-0.4, -0.2) is 16.9 Å². The zero-order valence-corrected chi connectivity index (χ0v) is 17.4. The van der Waals surface area contributed by atoms with E-state index in [0.717, 1.165) is 32.9 Å². The zero-order chi connectivity index (χ0) is 18.4. The molecule has 0 unspecified atom stereocenters. The Kier molecular flexibility index (Phi) is 4.65. The lowest BCUT2D eigenvalue weighted by molar-refractivity contribution is -0.0644. The number of hydrogen-bond acceptors (Lipinski definition) is 3. The van der Waals surface area contributed by atoms with E-state index in [-0.39, 0.29) is 12.3 Å². The molecular formula is C22H22BrClN2O. The summed E-state index contributed by atoms with van der Waals surface area (Å²) in [5, 5.41) is 8.06. The molecule has 1 saturated carbocycles. The highest BCUT2D eigenvalue weighted by molar-refractivity contribution is 9.10. The number of rotatable bonds is 2. The smallest absolute Gasteiger partial charge is 0.190 e. The van der Waals surface area contributed by atoms with Gasteiger partial charge in [0.2, 0.25) is 0 Å². The van der Waals surface area contributed by atoms with Crippen LogP contribution in [0.4, 0.5) is 0 Å². The molecule has 2 aliphatic heterocycles. The molecule has 0 amide bonds. The van der Waals surface area contributed by atoms with E-state index in [1.54, 1.807) is 0 Å². The van der Waals surface area contributed by atoms with Gasteiger partial charge < -0.3 is 4.74 Å². The van der Waals surface area contributed by atoms with Crippen molar-refractivity contribution in [1.29, 1.82) is 0 Å². The fourth-order valence-electron chi connectivity index (χ4n) is 4.63. The molecule has 3 nitrogen and oxygen atoms in total. The Bertz CT molecular complexity index is 876. The number of hydrogen-bond donors (Lipinski definition) is 0. The molecule has 2 heterocycles. The van der Waals surface area contributed by atoms with Gasteiger partial charge in [-0.1, -0.05) is 58.9 Å². The van der Waals surface area contributed by atoms with Crippen molar-refractivity contribution >= 4 is 33.2 Å². The summed E-state index contributed by atoms with van der Waals surface area (Å²) in [5.41, 5.74) is 3.49. The number of nitrogens with zero attached hydrogens (tertiary/aromatic N) is 2. The summed E-state index contributed by atoms with van der Waals surface area (Å²) in [4.78, 5) is 0. The van der Waals surface area contributed by atoms with Crippen molar-refractivity contribution in [3.05, 3.63) is 63.1 Å². The summed E-state index contributed by atoms with van der Waals surface area (Å²) in [6, 6.07) is 14.6. The quantitative estimate of drug-likeness (QED) is 0.523. The second-order valence-corrected chi connectivity index (χ2v) is 9.09. The van der Waals surface area contributed by atoms with E-state index >= 15 is 0 Å². The Morgan fingerprint density at radius 2 is 1.81 bits per heavy atom. The molecule has 0 spiro atoms. The molecule has 0 saturated heterocycles. The first kappa shape index (κ1) is 17.6. The van der Waals surface area contributed by atoms with Gasteiger partial charge in [0.1, 0.15) is 5.75 Å². The molecule has 2 aromatic rings. The lowest BCUT2D eigenvalue weighted by Gasteiger charge is -2.42. The predicted molar refractivity (Wildman–Crippen MR) is 112 cm³/mol. The minimum atomic E-state index is 0.0359. The van der Waals surface area contributed by atoms with E-state index < -0.39 is 0 Å². The van der Waals surface area contributed by atoms with E-state index in [1.807, 2.05) is 12.1 Å². The standard InChI is InChI=1S/C22H22BrClN2O/c23-16-8-11-21-18(12-16)20-13-19(14-6-9-17(24)10-7-14)25-26(20)22(27-21)15-4-2-1-3-5-15/h6-12,15,20,22H,1-5,13H2/t20-,22-/m0/s1. The monoisotopic (exact) mass is 444 g/mol. The van der Waals surface area contributed by atoms with E-state index in [9.17, 15) is 0 Å². The molecule has 0 bridgehead atoms. The van der Waals surface area contributed by atoms with Crippen LogP contribution in [0.2, 0.25) is 5.02 Å². The molecule has 2 aromatic carbocycles. The zero-order valence-electron chi connectivity index (χ0n) is 15.1. The van der Waals surface area contributed by atoms with Gasteiger partial charge in [0.15, 0.2) is 6.23 Å². The SMILES string of the molecule is Clc1ccc(C2=NN3[C@@H](C2)c2cc(Br)ccc2O[C@H]3C2CCCCC2)cc1. The van der Waals surface area contributed by atoms with Crippen LogP contribution in [0.3, 0.4) is 0 Å². The second kappa shape index (κ2) is 7.14. The first-order valence-corrected chi connectivity index (χ1v) is 10.9. The van der Waals surface area contributed by atoms with E-state index in [2.05, 4.69) is 51.3 Å². The molecule has 5 heteroatoms. The van der Waals surface area contributed by atoms with Crippen molar-refractivity contribution in [3.63, 3.8) is 0 Å². The normalized spacial score (nSPS) is 24.8. The largest absolute Gasteiger partial charge is 0.468 e. The third kappa shape index (κ3) is 3.27. The first-order valence-electron chi connectivity index (χ1n) is 9.77. The van der Waals surface area contributed by atoms with Crippen molar-refractivity contribution in [2.75, 3.05) is 0 Å². The Morgan fingerprint density at radius 1 is 1.04 bits per heavy atom. The van der Waals surface area contributed by atoms with Crippen molar-refractivity contribution in [1.82, 2.24) is 5.01 Å². The van der Waals surface area contributed by atoms with Crippen molar-refractivity contribution in [3.8, 4) is 5.75 Å². The molecule has 3 aliphatic rings. The molecule has 0 radical (unpaired) electrons. The van der Waals surface area contributed by atoms with E-state index in [4.69, 9.17) is 21.4 Å². The fourth-order valence-corrected chi connectivity index (χ4v) is 5.14. The lowest BCUT2D eigenvalue weighted by Crippen LogP contribution is -2.45. The maximum atomic E-state index is 6.52. The van der Waals surface area contributed by atoms with Gasteiger partial charge in [0.05, 0.1) is 11.8 Å². The van der Waals surface area contributed by atoms with Crippen LogP contribution in [0.25, 0.3) is 0 Å². The lowest BCUT2D eigenvalue weighted by atomic mass is 9.86. The summed E-state index contributed by atoms with van der Waals surface area (Å²) in [6.07, 6.45) is 7.33. The van der Waals surface area contributed by atoms with Gasteiger partial charge >= 0.3 is 0 Å². The molecule has 2 atom stereocenters. The summed E-state index contributed by atoms with van der Waals surface area (Å²) in [7, 11) is 0. The Labute approximate surface area is 173 Å². The van der Waals surface area contributed by atoms with Crippen LogP contribution in [0.15, 0.2) is 52.0 Å². The predicted octanol–water partition coefficient (Wildman–Crippen LogP) is 6.55. The topological polar surface area (TPSA) is 24.8 Å². The highest BCUT2D eigenvalue weighted by Gasteiger charge is 2.43. The maximum absolute atomic E-state index is 6.52. The third-order valence-corrected chi connectivity index (χ3v) is 6.76. The Morgan fingerprint density at radius 3 is 2.59 bits per heavy atom. The van der Waals surface area contributed by atoms with Crippen LogP contribution in [0.5, 0.6) is 5.75 Å². The summed E-state index contributed by atoms with van der Waals surface area (Å²) >= 11 is 9.69.